The molecule has 0 unspecified atom stereocenters. The summed E-state index contributed by atoms with van der Waals surface area (Å²) in [5, 5.41) is 3.55. The number of aryl methyl sites for hydroxylation is 1. The molecule has 0 spiro atoms. The fourth-order valence-corrected chi connectivity index (χ4v) is 2.99. The second-order valence-corrected chi connectivity index (χ2v) is 6.27. The van der Waals surface area contributed by atoms with Gasteiger partial charge in [0, 0.05) is 18.8 Å². The molecule has 3 nitrogen and oxygen atoms in total. The zero-order valence-corrected chi connectivity index (χ0v) is 11.0. The smallest absolute Gasteiger partial charge is 0.203 e. The molecule has 2 fully saturated rings. The number of nitrogens with one attached hydrogen (secondary N) is 1. The number of imidazole rings is 1. The van der Waals surface area contributed by atoms with Gasteiger partial charge < -0.3 is 9.88 Å². The molecule has 0 aromatic carbocycles. The lowest BCUT2D eigenvalue weighted by atomic mass is 9.89. The summed E-state index contributed by atoms with van der Waals surface area (Å²) in [5.74, 6) is 1.10. The van der Waals surface area contributed by atoms with E-state index in [4.69, 9.17) is 0 Å². The Morgan fingerprint density at radius 3 is 2.76 bits per heavy atom. The second kappa shape index (κ2) is 4.04. The molecule has 94 valence electrons. The molecule has 3 heteroatoms. The largest absolute Gasteiger partial charge is 0.353 e. The maximum atomic E-state index is 4.62. The summed E-state index contributed by atoms with van der Waals surface area (Å²) in [6, 6.07) is 0.687. The molecule has 1 aromatic heterocycles. The minimum absolute atomic E-state index is 0.493. The predicted octanol–water partition coefficient (Wildman–Crippen LogP) is 3.35. The van der Waals surface area contributed by atoms with Crippen LogP contribution in [0.1, 0.15) is 51.1 Å². The van der Waals surface area contributed by atoms with Crippen molar-refractivity contribution in [3.63, 3.8) is 0 Å². The van der Waals surface area contributed by atoms with E-state index in [1.165, 1.54) is 38.5 Å². The van der Waals surface area contributed by atoms with Crippen molar-refractivity contribution in [1.82, 2.24) is 9.55 Å². The third kappa shape index (κ3) is 2.48. The summed E-state index contributed by atoms with van der Waals surface area (Å²) in [4.78, 5) is 4.62. The summed E-state index contributed by atoms with van der Waals surface area (Å²) < 4.78 is 2.35. The highest BCUT2D eigenvalue weighted by Gasteiger charge is 2.30. The molecule has 1 aromatic rings. The molecule has 0 aliphatic heterocycles. The second-order valence-electron chi connectivity index (χ2n) is 6.27. The monoisotopic (exact) mass is 233 g/mol. The Labute approximate surface area is 104 Å². The zero-order valence-electron chi connectivity index (χ0n) is 11.0. The quantitative estimate of drug-likeness (QED) is 0.864. The lowest BCUT2D eigenvalue weighted by molar-refractivity contribution is 0.283. The Bertz CT molecular complexity index is 398. The minimum atomic E-state index is 0.493. The van der Waals surface area contributed by atoms with E-state index >= 15 is 0 Å². The molecule has 17 heavy (non-hydrogen) atoms. The van der Waals surface area contributed by atoms with Crippen LogP contribution in [0, 0.1) is 12.3 Å². The van der Waals surface area contributed by atoms with Crippen LogP contribution >= 0.6 is 0 Å². The summed E-state index contributed by atoms with van der Waals surface area (Å²) in [5.41, 5.74) is 1.63. The topological polar surface area (TPSA) is 29.9 Å². The fourth-order valence-electron chi connectivity index (χ4n) is 2.99. The predicted molar refractivity (Wildman–Crippen MR) is 70.2 cm³/mol. The van der Waals surface area contributed by atoms with Crippen LogP contribution < -0.4 is 5.32 Å². The standard InChI is InChI=1S/C14H23N3/c1-11-9-17(10-14(2)7-3-4-8-14)13(15-11)16-12-5-6-12/h9,12H,3-8,10H2,1-2H3,(H,15,16). The maximum absolute atomic E-state index is 4.62. The van der Waals surface area contributed by atoms with Crippen LogP contribution in [0.15, 0.2) is 6.20 Å². The number of aromatic nitrogens is 2. The van der Waals surface area contributed by atoms with Gasteiger partial charge in [0.05, 0.1) is 5.69 Å². The fraction of sp³-hybridized carbons (Fsp3) is 0.786. The summed E-state index contributed by atoms with van der Waals surface area (Å²) in [7, 11) is 0. The first-order valence-corrected chi connectivity index (χ1v) is 6.95. The molecule has 2 saturated carbocycles. The summed E-state index contributed by atoms with van der Waals surface area (Å²) in [6.07, 6.45) is 10.4. The number of nitrogens with zero attached hydrogens (tertiary/aromatic N) is 2. The van der Waals surface area contributed by atoms with E-state index in [-0.39, 0.29) is 0 Å². The van der Waals surface area contributed by atoms with Crippen molar-refractivity contribution in [3.05, 3.63) is 11.9 Å². The van der Waals surface area contributed by atoms with Crippen molar-refractivity contribution < 1.29 is 0 Å². The van der Waals surface area contributed by atoms with Gasteiger partial charge in [-0.1, -0.05) is 19.8 Å². The van der Waals surface area contributed by atoms with Gasteiger partial charge in [-0.05, 0) is 38.0 Å². The van der Waals surface area contributed by atoms with Crippen LogP contribution in [0.25, 0.3) is 0 Å². The first-order valence-electron chi connectivity index (χ1n) is 6.95. The average molecular weight is 233 g/mol. The van der Waals surface area contributed by atoms with Crippen molar-refractivity contribution in [2.24, 2.45) is 5.41 Å². The van der Waals surface area contributed by atoms with E-state index in [1.54, 1.807) is 0 Å². The molecule has 0 amide bonds. The van der Waals surface area contributed by atoms with Gasteiger partial charge in [0.1, 0.15) is 0 Å². The van der Waals surface area contributed by atoms with E-state index in [0.29, 0.717) is 11.5 Å². The van der Waals surface area contributed by atoms with Crippen LogP contribution in [-0.4, -0.2) is 15.6 Å². The average Bonchev–Trinajstić information content (AvgIpc) is 2.88. The minimum Gasteiger partial charge on any atom is -0.353 e. The molecule has 0 radical (unpaired) electrons. The van der Waals surface area contributed by atoms with Crippen LogP contribution in [0.4, 0.5) is 5.95 Å². The number of anilines is 1. The van der Waals surface area contributed by atoms with Crippen molar-refractivity contribution >= 4 is 5.95 Å². The highest BCUT2D eigenvalue weighted by molar-refractivity contribution is 5.32. The van der Waals surface area contributed by atoms with E-state index < -0.39 is 0 Å². The van der Waals surface area contributed by atoms with Crippen LogP contribution in [-0.2, 0) is 6.54 Å². The van der Waals surface area contributed by atoms with Crippen LogP contribution in [0.5, 0.6) is 0 Å². The van der Waals surface area contributed by atoms with E-state index in [0.717, 1.165) is 18.2 Å². The lowest BCUT2D eigenvalue weighted by Gasteiger charge is -2.25. The van der Waals surface area contributed by atoms with Gasteiger partial charge in [-0.15, -0.1) is 0 Å². The lowest BCUT2D eigenvalue weighted by Crippen LogP contribution is -2.21. The highest BCUT2D eigenvalue weighted by atomic mass is 15.2. The normalized spacial score (nSPS) is 22.9. The van der Waals surface area contributed by atoms with E-state index in [2.05, 4.69) is 34.9 Å². The molecule has 0 atom stereocenters. The Hall–Kier alpha value is -0.990. The summed E-state index contributed by atoms with van der Waals surface area (Å²) >= 11 is 0. The van der Waals surface area contributed by atoms with Gasteiger partial charge in [-0.3, -0.25) is 0 Å². The van der Waals surface area contributed by atoms with Crippen molar-refractivity contribution in [2.45, 2.75) is 65.0 Å². The molecule has 2 aliphatic carbocycles. The van der Waals surface area contributed by atoms with Crippen molar-refractivity contribution in [1.29, 1.82) is 0 Å². The van der Waals surface area contributed by atoms with Crippen LogP contribution in [0.3, 0.4) is 0 Å². The van der Waals surface area contributed by atoms with E-state index in [9.17, 15) is 0 Å². The zero-order chi connectivity index (χ0) is 11.9. The van der Waals surface area contributed by atoms with Crippen molar-refractivity contribution in [2.75, 3.05) is 5.32 Å². The Kier molecular flexibility index (Phi) is 2.64. The third-order valence-electron chi connectivity index (χ3n) is 4.17. The third-order valence-corrected chi connectivity index (χ3v) is 4.17. The molecule has 1 N–H and O–H groups in total. The Morgan fingerprint density at radius 2 is 2.12 bits per heavy atom. The van der Waals surface area contributed by atoms with Gasteiger partial charge in [0.15, 0.2) is 0 Å². The Morgan fingerprint density at radius 1 is 1.41 bits per heavy atom. The molecule has 3 rings (SSSR count). The van der Waals surface area contributed by atoms with E-state index in [1.807, 2.05) is 0 Å². The first-order chi connectivity index (χ1) is 8.15. The molecule has 2 aliphatic rings. The molecule has 0 saturated heterocycles. The number of rotatable bonds is 4. The molecule has 0 bridgehead atoms. The van der Waals surface area contributed by atoms with Crippen molar-refractivity contribution in [3.8, 4) is 0 Å². The summed E-state index contributed by atoms with van der Waals surface area (Å²) in [6.45, 7) is 5.64. The number of hydrogen-bond donors (Lipinski definition) is 1. The molecular weight excluding hydrogens is 210 g/mol. The first kappa shape index (κ1) is 11.1. The number of hydrogen-bond acceptors (Lipinski definition) is 2. The maximum Gasteiger partial charge on any atom is 0.203 e. The molecule has 1 heterocycles. The van der Waals surface area contributed by atoms with Gasteiger partial charge >= 0.3 is 0 Å². The van der Waals surface area contributed by atoms with Gasteiger partial charge in [-0.2, -0.15) is 0 Å². The van der Waals surface area contributed by atoms with Crippen LogP contribution in [0.2, 0.25) is 0 Å². The van der Waals surface area contributed by atoms with Gasteiger partial charge in [0.25, 0.3) is 0 Å². The van der Waals surface area contributed by atoms with Gasteiger partial charge in [-0.25, -0.2) is 4.98 Å². The highest BCUT2D eigenvalue weighted by Crippen LogP contribution is 2.39. The van der Waals surface area contributed by atoms with Gasteiger partial charge in [0.2, 0.25) is 5.95 Å². The molecular formula is C14H23N3. The Balaban J connectivity index is 1.76. The SMILES string of the molecule is Cc1cn(CC2(C)CCCC2)c(NC2CC2)n1.